The number of hydrogen-bond donors (Lipinski definition) is 0. The molecule has 0 saturated heterocycles. The Morgan fingerprint density at radius 2 is 1.41 bits per heavy atom. The average Bonchev–Trinajstić information content (AvgIpc) is 2.97. The molecule has 0 heteroatoms. The summed E-state index contributed by atoms with van der Waals surface area (Å²) in [5.41, 5.74) is 0.762. The summed E-state index contributed by atoms with van der Waals surface area (Å²) in [5, 5.41) is 0. The molecule has 3 unspecified atom stereocenters. The highest BCUT2D eigenvalue weighted by atomic mass is 14.5. The van der Waals surface area contributed by atoms with Crippen LogP contribution in [0.4, 0.5) is 0 Å². The largest absolute Gasteiger partial charge is 0.0654 e. The van der Waals surface area contributed by atoms with Gasteiger partial charge in [-0.25, -0.2) is 0 Å². The van der Waals surface area contributed by atoms with Gasteiger partial charge in [-0.15, -0.1) is 0 Å². The Hall–Kier alpha value is 0. The summed E-state index contributed by atoms with van der Waals surface area (Å²) in [7, 11) is 0. The molecule has 0 bridgehead atoms. The van der Waals surface area contributed by atoms with Crippen LogP contribution in [0.25, 0.3) is 0 Å². The van der Waals surface area contributed by atoms with Gasteiger partial charge in [0, 0.05) is 0 Å². The Morgan fingerprint density at radius 1 is 0.773 bits per heavy atom. The predicted molar refractivity (Wildman–Crippen MR) is 97.0 cm³/mol. The molecule has 3 saturated carbocycles. The summed E-state index contributed by atoms with van der Waals surface area (Å²) < 4.78 is 0. The number of rotatable bonds is 5. The van der Waals surface area contributed by atoms with E-state index in [4.69, 9.17) is 0 Å². The van der Waals surface area contributed by atoms with E-state index in [0.717, 1.165) is 29.1 Å². The Labute approximate surface area is 139 Å². The van der Waals surface area contributed by atoms with Crippen molar-refractivity contribution in [1.29, 1.82) is 0 Å². The molecule has 0 aliphatic heterocycles. The van der Waals surface area contributed by atoms with Crippen LogP contribution in [0.2, 0.25) is 0 Å². The highest BCUT2D eigenvalue weighted by Gasteiger charge is 2.49. The van der Waals surface area contributed by atoms with Crippen LogP contribution in [0.15, 0.2) is 0 Å². The zero-order valence-electron chi connectivity index (χ0n) is 15.4. The first-order valence-corrected chi connectivity index (χ1v) is 10.8. The third-order valence-electron chi connectivity index (χ3n) is 7.92. The van der Waals surface area contributed by atoms with Crippen molar-refractivity contribution < 1.29 is 0 Å². The van der Waals surface area contributed by atoms with Crippen LogP contribution >= 0.6 is 0 Å². The van der Waals surface area contributed by atoms with Crippen molar-refractivity contribution >= 4 is 0 Å². The molecule has 3 aliphatic rings. The quantitative estimate of drug-likeness (QED) is 0.497. The van der Waals surface area contributed by atoms with Gasteiger partial charge in [-0.1, -0.05) is 78.1 Å². The van der Waals surface area contributed by atoms with Crippen LogP contribution < -0.4 is 0 Å². The van der Waals surface area contributed by atoms with Crippen molar-refractivity contribution in [3.8, 4) is 0 Å². The van der Waals surface area contributed by atoms with Crippen LogP contribution in [0.3, 0.4) is 0 Å². The Bertz CT molecular complexity index is 321. The Balaban J connectivity index is 1.75. The van der Waals surface area contributed by atoms with Crippen LogP contribution in [0.1, 0.15) is 110 Å². The van der Waals surface area contributed by atoms with E-state index in [0.29, 0.717) is 0 Å². The second-order valence-corrected chi connectivity index (χ2v) is 9.09. The molecule has 0 amide bonds. The zero-order chi connectivity index (χ0) is 15.4. The fourth-order valence-corrected chi connectivity index (χ4v) is 6.91. The summed E-state index contributed by atoms with van der Waals surface area (Å²) >= 11 is 0. The molecule has 128 valence electrons. The van der Waals surface area contributed by atoms with Crippen molar-refractivity contribution in [1.82, 2.24) is 0 Å². The monoisotopic (exact) mass is 304 g/mol. The molecule has 0 aromatic carbocycles. The van der Waals surface area contributed by atoms with E-state index in [1.165, 1.54) is 57.8 Å². The molecule has 3 aliphatic carbocycles. The van der Waals surface area contributed by atoms with E-state index in [1.807, 2.05) is 0 Å². The summed E-state index contributed by atoms with van der Waals surface area (Å²) in [6, 6.07) is 0. The SMILES string of the molecule is CCCC1(C2CCCCC2)CC(CC)C(C2CCCCC2)C1. The number of hydrogen-bond acceptors (Lipinski definition) is 0. The second kappa shape index (κ2) is 7.71. The molecule has 0 aromatic rings. The lowest BCUT2D eigenvalue weighted by atomic mass is 9.64. The van der Waals surface area contributed by atoms with E-state index in [2.05, 4.69) is 13.8 Å². The van der Waals surface area contributed by atoms with Gasteiger partial charge in [0.15, 0.2) is 0 Å². The molecule has 0 nitrogen and oxygen atoms in total. The first-order chi connectivity index (χ1) is 10.8. The lowest BCUT2D eigenvalue weighted by Gasteiger charge is -2.41. The van der Waals surface area contributed by atoms with Crippen molar-refractivity contribution in [3.05, 3.63) is 0 Å². The minimum atomic E-state index is 0.762. The van der Waals surface area contributed by atoms with Gasteiger partial charge in [-0.2, -0.15) is 0 Å². The molecule has 0 spiro atoms. The summed E-state index contributed by atoms with van der Waals surface area (Å²) in [6.07, 6.45) is 23.0. The third-order valence-corrected chi connectivity index (χ3v) is 7.92. The molecule has 22 heavy (non-hydrogen) atoms. The molecule has 0 radical (unpaired) electrons. The molecular weight excluding hydrogens is 264 g/mol. The molecule has 3 rings (SSSR count). The van der Waals surface area contributed by atoms with E-state index in [9.17, 15) is 0 Å². The van der Waals surface area contributed by atoms with Gasteiger partial charge < -0.3 is 0 Å². The summed E-state index contributed by atoms with van der Waals surface area (Å²) in [4.78, 5) is 0. The Kier molecular flexibility index (Phi) is 5.91. The summed E-state index contributed by atoms with van der Waals surface area (Å²) in [5.74, 6) is 4.35. The van der Waals surface area contributed by atoms with Crippen LogP contribution in [-0.2, 0) is 0 Å². The zero-order valence-corrected chi connectivity index (χ0v) is 15.4. The van der Waals surface area contributed by atoms with E-state index < -0.39 is 0 Å². The van der Waals surface area contributed by atoms with Gasteiger partial charge in [0.25, 0.3) is 0 Å². The molecule has 3 atom stereocenters. The standard InChI is InChI=1S/C22H40/c1-3-15-22(20-13-9-6-10-14-20)16-18(4-2)21(17-22)19-11-7-5-8-12-19/h18-21H,3-17H2,1-2H3. The normalized spacial score (nSPS) is 38.5. The highest BCUT2D eigenvalue weighted by Crippen LogP contribution is 2.59. The van der Waals surface area contributed by atoms with Crippen molar-refractivity contribution in [2.24, 2.45) is 29.1 Å². The third kappa shape index (κ3) is 3.41. The van der Waals surface area contributed by atoms with Gasteiger partial charge in [0.1, 0.15) is 0 Å². The molecule has 3 fully saturated rings. The maximum atomic E-state index is 2.49. The van der Waals surface area contributed by atoms with Crippen LogP contribution in [-0.4, -0.2) is 0 Å². The fourth-order valence-electron chi connectivity index (χ4n) is 6.91. The second-order valence-electron chi connectivity index (χ2n) is 9.09. The minimum absolute atomic E-state index is 0.762. The minimum Gasteiger partial charge on any atom is -0.0654 e. The topological polar surface area (TPSA) is 0 Å². The highest BCUT2D eigenvalue weighted by molar-refractivity contribution is 5.00. The first-order valence-electron chi connectivity index (χ1n) is 10.8. The van der Waals surface area contributed by atoms with Gasteiger partial charge in [-0.3, -0.25) is 0 Å². The first kappa shape index (κ1) is 16.8. The van der Waals surface area contributed by atoms with Gasteiger partial charge in [-0.05, 0) is 61.2 Å². The van der Waals surface area contributed by atoms with Crippen molar-refractivity contribution in [2.75, 3.05) is 0 Å². The lowest BCUT2D eigenvalue weighted by Crippen LogP contribution is -2.30. The van der Waals surface area contributed by atoms with Crippen LogP contribution in [0, 0.1) is 29.1 Å². The van der Waals surface area contributed by atoms with Gasteiger partial charge in [0.2, 0.25) is 0 Å². The van der Waals surface area contributed by atoms with Gasteiger partial charge in [0.05, 0.1) is 0 Å². The molecule has 0 heterocycles. The molecule has 0 N–H and O–H groups in total. The predicted octanol–water partition coefficient (Wildman–Crippen LogP) is 7.37. The van der Waals surface area contributed by atoms with E-state index in [-0.39, 0.29) is 0 Å². The molecular formula is C22H40. The maximum absolute atomic E-state index is 2.49. The van der Waals surface area contributed by atoms with Crippen LogP contribution in [0.5, 0.6) is 0 Å². The molecule has 0 aromatic heterocycles. The van der Waals surface area contributed by atoms with E-state index >= 15 is 0 Å². The van der Waals surface area contributed by atoms with Crippen molar-refractivity contribution in [3.63, 3.8) is 0 Å². The smallest absolute Gasteiger partial charge is 0.0264 e. The average molecular weight is 305 g/mol. The fraction of sp³-hybridized carbons (Fsp3) is 1.00. The lowest BCUT2D eigenvalue weighted by molar-refractivity contribution is 0.0955. The van der Waals surface area contributed by atoms with E-state index in [1.54, 1.807) is 38.5 Å². The Morgan fingerprint density at radius 3 is 2.00 bits per heavy atom. The van der Waals surface area contributed by atoms with Crippen molar-refractivity contribution in [2.45, 2.75) is 110 Å². The maximum Gasteiger partial charge on any atom is -0.0264 e. The van der Waals surface area contributed by atoms with Gasteiger partial charge >= 0.3 is 0 Å². The summed E-state index contributed by atoms with van der Waals surface area (Å²) in [6.45, 7) is 4.93.